The van der Waals surface area contributed by atoms with Crippen LogP contribution in [-0.2, 0) is 9.59 Å². The summed E-state index contributed by atoms with van der Waals surface area (Å²) in [4.78, 5) is 21.8. The zero-order chi connectivity index (χ0) is 11.4. The highest BCUT2D eigenvalue weighted by atomic mass is 35.5. The zero-order valence-corrected chi connectivity index (χ0v) is 8.77. The van der Waals surface area contributed by atoms with E-state index >= 15 is 0 Å². The average molecular weight is 230 g/mol. The summed E-state index contributed by atoms with van der Waals surface area (Å²) in [5, 5.41) is 2.36. The number of nitrogens with one attached hydrogen (secondary N) is 1. The van der Waals surface area contributed by atoms with Crippen LogP contribution in [0.4, 0.5) is 10.1 Å². The Bertz CT molecular complexity index is 406. The molecule has 0 unspecified atom stereocenters. The van der Waals surface area contributed by atoms with E-state index in [0.29, 0.717) is 5.69 Å². The number of rotatable bonds is 3. The molecule has 0 aliphatic carbocycles. The summed E-state index contributed by atoms with van der Waals surface area (Å²) in [6.07, 6.45) is -0.199. The Morgan fingerprint density at radius 3 is 2.67 bits per heavy atom. The Morgan fingerprint density at radius 2 is 2.13 bits per heavy atom. The third-order valence-corrected chi connectivity index (χ3v) is 1.90. The molecule has 15 heavy (non-hydrogen) atoms. The Morgan fingerprint density at radius 1 is 1.47 bits per heavy atom. The van der Waals surface area contributed by atoms with E-state index < -0.39 is 11.7 Å². The maximum absolute atomic E-state index is 12.7. The first-order valence-corrected chi connectivity index (χ1v) is 4.61. The van der Waals surface area contributed by atoms with Gasteiger partial charge in [0.1, 0.15) is 11.6 Å². The first-order chi connectivity index (χ1) is 6.99. The molecule has 1 rings (SSSR count). The number of carbonyl (C=O) groups is 2. The molecule has 0 atom stereocenters. The summed E-state index contributed by atoms with van der Waals surface area (Å²) < 4.78 is 12.7. The van der Waals surface area contributed by atoms with Crippen molar-refractivity contribution in [3.63, 3.8) is 0 Å². The highest BCUT2D eigenvalue weighted by Crippen LogP contribution is 2.19. The molecule has 0 bridgehead atoms. The van der Waals surface area contributed by atoms with Gasteiger partial charge in [-0.25, -0.2) is 4.39 Å². The number of hydrogen-bond donors (Lipinski definition) is 1. The van der Waals surface area contributed by atoms with Crippen LogP contribution in [0.2, 0.25) is 5.02 Å². The number of Topliss-reactive ketones (excluding diaryl/α,β-unsaturated/α-hetero) is 1. The van der Waals surface area contributed by atoms with E-state index in [-0.39, 0.29) is 17.2 Å². The quantitative estimate of drug-likeness (QED) is 0.809. The second kappa shape index (κ2) is 4.89. The lowest BCUT2D eigenvalue weighted by molar-refractivity contribution is -0.124. The second-order valence-electron chi connectivity index (χ2n) is 3.06. The van der Waals surface area contributed by atoms with E-state index in [1.165, 1.54) is 19.1 Å². The number of ketones is 1. The van der Waals surface area contributed by atoms with Crippen LogP contribution in [0.15, 0.2) is 18.2 Å². The van der Waals surface area contributed by atoms with Crippen molar-refractivity contribution in [1.29, 1.82) is 0 Å². The molecule has 0 saturated carbocycles. The Kier molecular flexibility index (Phi) is 3.80. The predicted molar refractivity (Wildman–Crippen MR) is 55.3 cm³/mol. The molecule has 0 heterocycles. The van der Waals surface area contributed by atoms with Gasteiger partial charge in [-0.1, -0.05) is 11.6 Å². The summed E-state index contributed by atoms with van der Waals surface area (Å²) in [6.45, 7) is 1.32. The van der Waals surface area contributed by atoms with Gasteiger partial charge in [-0.3, -0.25) is 9.59 Å². The molecule has 0 aromatic heterocycles. The van der Waals surface area contributed by atoms with Crippen molar-refractivity contribution in [2.75, 3.05) is 5.32 Å². The molecule has 3 nitrogen and oxygen atoms in total. The molecule has 0 aliphatic rings. The van der Waals surface area contributed by atoms with Crippen LogP contribution in [0.3, 0.4) is 0 Å². The third kappa shape index (κ3) is 3.67. The van der Waals surface area contributed by atoms with Crippen molar-refractivity contribution in [3.8, 4) is 0 Å². The highest BCUT2D eigenvalue weighted by Gasteiger charge is 2.06. The molecule has 5 heteroatoms. The zero-order valence-electron chi connectivity index (χ0n) is 8.01. The predicted octanol–water partition coefficient (Wildman–Crippen LogP) is 2.40. The molecule has 0 aliphatic heterocycles. The number of anilines is 1. The number of carbonyl (C=O) groups excluding carboxylic acids is 2. The lowest BCUT2D eigenvalue weighted by Gasteiger charge is -2.04. The molecule has 0 spiro atoms. The molecule has 80 valence electrons. The van der Waals surface area contributed by atoms with Gasteiger partial charge in [0.05, 0.1) is 11.4 Å². The average Bonchev–Trinajstić information content (AvgIpc) is 2.10. The van der Waals surface area contributed by atoms with Crippen LogP contribution >= 0.6 is 11.6 Å². The van der Waals surface area contributed by atoms with Gasteiger partial charge in [-0.2, -0.15) is 0 Å². The highest BCUT2D eigenvalue weighted by molar-refractivity contribution is 6.31. The first-order valence-electron chi connectivity index (χ1n) is 4.23. The van der Waals surface area contributed by atoms with Crippen LogP contribution in [0.25, 0.3) is 0 Å². The maximum Gasteiger partial charge on any atom is 0.231 e. The molecule has 0 saturated heterocycles. The van der Waals surface area contributed by atoms with E-state index in [2.05, 4.69) is 5.32 Å². The monoisotopic (exact) mass is 229 g/mol. The number of amides is 1. The lowest BCUT2D eigenvalue weighted by Crippen LogP contribution is -2.14. The first kappa shape index (κ1) is 11.7. The molecule has 0 fully saturated rings. The smallest absolute Gasteiger partial charge is 0.231 e. The largest absolute Gasteiger partial charge is 0.326 e. The molecular weight excluding hydrogens is 221 g/mol. The van der Waals surface area contributed by atoms with Crippen LogP contribution in [0.5, 0.6) is 0 Å². The minimum absolute atomic E-state index is 0.0735. The lowest BCUT2D eigenvalue weighted by atomic mass is 10.2. The van der Waals surface area contributed by atoms with Gasteiger partial charge in [-0.05, 0) is 25.1 Å². The van der Waals surface area contributed by atoms with Gasteiger partial charge >= 0.3 is 0 Å². The van der Waals surface area contributed by atoms with E-state index in [4.69, 9.17) is 11.6 Å². The van der Waals surface area contributed by atoms with Gasteiger partial charge in [0.15, 0.2) is 0 Å². The van der Waals surface area contributed by atoms with Gasteiger partial charge < -0.3 is 5.32 Å². The molecule has 1 aromatic carbocycles. The van der Waals surface area contributed by atoms with Gasteiger partial charge in [0.2, 0.25) is 5.91 Å². The molecule has 1 aromatic rings. The minimum atomic E-state index is -0.554. The fourth-order valence-electron chi connectivity index (χ4n) is 1.01. The maximum atomic E-state index is 12.7. The Hall–Kier alpha value is -1.42. The number of halogens is 2. The van der Waals surface area contributed by atoms with Crippen LogP contribution in [0, 0.1) is 5.82 Å². The second-order valence-corrected chi connectivity index (χ2v) is 3.46. The van der Waals surface area contributed by atoms with Crippen LogP contribution < -0.4 is 5.32 Å². The molecule has 1 amide bonds. The number of hydrogen-bond acceptors (Lipinski definition) is 2. The van der Waals surface area contributed by atoms with Crippen molar-refractivity contribution in [3.05, 3.63) is 29.0 Å². The van der Waals surface area contributed by atoms with E-state index in [1.54, 1.807) is 0 Å². The number of benzene rings is 1. The fourth-order valence-corrected chi connectivity index (χ4v) is 1.19. The van der Waals surface area contributed by atoms with E-state index in [0.717, 1.165) is 6.07 Å². The van der Waals surface area contributed by atoms with E-state index in [1.807, 2.05) is 0 Å². The van der Waals surface area contributed by atoms with Crippen molar-refractivity contribution in [2.24, 2.45) is 0 Å². The summed E-state index contributed by atoms with van der Waals surface area (Å²) in [6, 6.07) is 3.81. The minimum Gasteiger partial charge on any atom is -0.326 e. The topological polar surface area (TPSA) is 46.2 Å². The van der Waals surface area contributed by atoms with E-state index in [9.17, 15) is 14.0 Å². The SMILES string of the molecule is CC(=O)CC(=O)Nc1ccc(F)c(Cl)c1. The van der Waals surface area contributed by atoms with Gasteiger partial charge in [-0.15, -0.1) is 0 Å². The molecular formula is C10H9ClFNO2. The van der Waals surface area contributed by atoms with Crippen molar-refractivity contribution >= 4 is 29.0 Å². The fraction of sp³-hybridized carbons (Fsp3) is 0.200. The van der Waals surface area contributed by atoms with Crippen molar-refractivity contribution in [2.45, 2.75) is 13.3 Å². The van der Waals surface area contributed by atoms with Crippen LogP contribution in [0.1, 0.15) is 13.3 Å². The third-order valence-electron chi connectivity index (χ3n) is 1.61. The van der Waals surface area contributed by atoms with Gasteiger partial charge in [0.25, 0.3) is 0 Å². The standard InChI is InChI=1S/C10H9ClFNO2/c1-6(14)4-10(15)13-7-2-3-9(12)8(11)5-7/h2-3,5H,4H2,1H3,(H,13,15). The summed E-state index contributed by atoms with van der Waals surface area (Å²) in [7, 11) is 0. The summed E-state index contributed by atoms with van der Waals surface area (Å²) in [5.41, 5.74) is 0.368. The Balaban J connectivity index is 2.69. The van der Waals surface area contributed by atoms with Crippen molar-refractivity contribution < 1.29 is 14.0 Å². The Labute approximate surface area is 91.2 Å². The van der Waals surface area contributed by atoms with Gasteiger partial charge in [0, 0.05) is 5.69 Å². The summed E-state index contributed by atoms with van der Waals surface area (Å²) >= 11 is 5.51. The molecule has 1 N–H and O–H groups in total. The van der Waals surface area contributed by atoms with Crippen LogP contribution in [-0.4, -0.2) is 11.7 Å². The normalized spacial score (nSPS) is 9.80. The summed E-state index contributed by atoms with van der Waals surface area (Å²) in [5.74, 6) is -1.23. The van der Waals surface area contributed by atoms with Crippen molar-refractivity contribution in [1.82, 2.24) is 0 Å². The molecule has 0 radical (unpaired) electrons.